The molecule has 0 unspecified atom stereocenters. The lowest BCUT2D eigenvalue weighted by molar-refractivity contribution is 0.400. The van der Waals surface area contributed by atoms with E-state index < -0.39 is 10.0 Å². The molecular formula is C12H15N3O3S. The first-order valence-corrected chi connectivity index (χ1v) is 7.10. The molecule has 6 nitrogen and oxygen atoms in total. The molecule has 0 atom stereocenters. The average Bonchev–Trinajstić information content (AvgIpc) is 2.74. The number of nitrogens with one attached hydrogen (secondary N) is 1. The smallest absolute Gasteiger partial charge is 0.263 e. The number of hydrogen-bond donors (Lipinski definition) is 1. The first-order valence-electron chi connectivity index (χ1n) is 5.62. The Morgan fingerprint density at radius 3 is 2.32 bits per heavy atom. The van der Waals surface area contributed by atoms with Crippen LogP contribution in [0.4, 0.5) is 11.5 Å². The van der Waals surface area contributed by atoms with E-state index in [0.29, 0.717) is 5.76 Å². The topological polar surface area (TPSA) is 75.4 Å². The zero-order chi connectivity index (χ0) is 14.0. The standard InChI is InChI=1S/C12H15N3O3S/c1-9-8-12(13-18-9)14-19(16,17)11-6-4-10(5-7-11)15(2)3/h4-8H,1-3H3,(H,13,14). The second kappa shape index (κ2) is 4.93. The van der Waals surface area contributed by atoms with Crippen molar-refractivity contribution in [2.75, 3.05) is 23.7 Å². The third kappa shape index (κ3) is 3.05. The molecule has 0 spiro atoms. The fourth-order valence-electron chi connectivity index (χ4n) is 1.53. The molecule has 0 aliphatic rings. The third-order valence-corrected chi connectivity index (χ3v) is 3.90. The van der Waals surface area contributed by atoms with Crippen LogP contribution >= 0.6 is 0 Å². The first kappa shape index (κ1) is 13.4. The molecule has 0 bridgehead atoms. The number of hydrogen-bond acceptors (Lipinski definition) is 5. The Bertz CT molecular complexity index is 660. The van der Waals surface area contributed by atoms with Crippen LogP contribution in [0.2, 0.25) is 0 Å². The Morgan fingerprint density at radius 2 is 1.84 bits per heavy atom. The summed E-state index contributed by atoms with van der Waals surface area (Å²) in [5.74, 6) is 0.717. The van der Waals surface area contributed by atoms with E-state index in [1.54, 1.807) is 31.2 Å². The van der Waals surface area contributed by atoms with Gasteiger partial charge in [-0.2, -0.15) is 0 Å². The molecule has 0 radical (unpaired) electrons. The molecule has 0 aliphatic heterocycles. The molecule has 1 aromatic heterocycles. The Kier molecular flexibility index (Phi) is 3.48. The van der Waals surface area contributed by atoms with Gasteiger partial charge in [0.1, 0.15) is 5.76 Å². The number of aromatic nitrogens is 1. The maximum absolute atomic E-state index is 12.1. The van der Waals surface area contributed by atoms with Crippen molar-refractivity contribution in [2.45, 2.75) is 11.8 Å². The van der Waals surface area contributed by atoms with Crippen LogP contribution in [0.5, 0.6) is 0 Å². The van der Waals surface area contributed by atoms with Crippen molar-refractivity contribution in [1.29, 1.82) is 0 Å². The Balaban J connectivity index is 2.24. The van der Waals surface area contributed by atoms with Crippen molar-refractivity contribution in [3.8, 4) is 0 Å². The second-order valence-corrected chi connectivity index (χ2v) is 6.00. The number of aryl methyl sites for hydroxylation is 1. The van der Waals surface area contributed by atoms with Crippen LogP contribution in [0.1, 0.15) is 5.76 Å². The van der Waals surface area contributed by atoms with E-state index in [1.165, 1.54) is 6.07 Å². The minimum absolute atomic E-state index is 0.175. The van der Waals surface area contributed by atoms with Crippen LogP contribution in [0, 0.1) is 6.92 Å². The van der Waals surface area contributed by atoms with Crippen LogP contribution in [-0.4, -0.2) is 27.7 Å². The predicted octanol–water partition coefficient (Wildman–Crippen LogP) is 1.85. The number of rotatable bonds is 4. The van der Waals surface area contributed by atoms with Gasteiger partial charge in [0.2, 0.25) is 0 Å². The molecule has 1 heterocycles. The Morgan fingerprint density at radius 1 is 1.21 bits per heavy atom. The molecule has 0 saturated carbocycles. The summed E-state index contributed by atoms with van der Waals surface area (Å²) in [6.07, 6.45) is 0. The van der Waals surface area contributed by atoms with Gasteiger partial charge in [0.25, 0.3) is 10.0 Å². The van der Waals surface area contributed by atoms with E-state index in [2.05, 4.69) is 9.88 Å². The highest BCUT2D eigenvalue weighted by atomic mass is 32.2. The van der Waals surface area contributed by atoms with Gasteiger partial charge in [-0.05, 0) is 31.2 Å². The molecule has 0 amide bonds. The van der Waals surface area contributed by atoms with E-state index in [4.69, 9.17) is 4.52 Å². The Hall–Kier alpha value is -2.02. The summed E-state index contributed by atoms with van der Waals surface area (Å²) in [5, 5.41) is 3.60. The van der Waals surface area contributed by atoms with E-state index >= 15 is 0 Å². The van der Waals surface area contributed by atoms with Gasteiger partial charge < -0.3 is 9.42 Å². The molecule has 7 heteroatoms. The van der Waals surface area contributed by atoms with Crippen LogP contribution in [-0.2, 0) is 10.0 Å². The summed E-state index contributed by atoms with van der Waals surface area (Å²) in [6, 6.07) is 8.09. The second-order valence-electron chi connectivity index (χ2n) is 4.32. The maximum Gasteiger partial charge on any atom is 0.263 e. The van der Waals surface area contributed by atoms with Crippen molar-refractivity contribution in [3.05, 3.63) is 36.1 Å². The maximum atomic E-state index is 12.1. The van der Waals surface area contributed by atoms with Gasteiger partial charge >= 0.3 is 0 Å². The van der Waals surface area contributed by atoms with E-state index in [0.717, 1.165) is 5.69 Å². The Labute approximate surface area is 112 Å². The minimum atomic E-state index is -3.63. The highest BCUT2D eigenvalue weighted by Gasteiger charge is 2.16. The number of benzene rings is 1. The average molecular weight is 281 g/mol. The lowest BCUT2D eigenvalue weighted by Crippen LogP contribution is -2.14. The summed E-state index contributed by atoms with van der Waals surface area (Å²) in [5.41, 5.74) is 0.927. The monoisotopic (exact) mass is 281 g/mol. The molecule has 1 N–H and O–H groups in total. The van der Waals surface area contributed by atoms with Crippen molar-refractivity contribution in [3.63, 3.8) is 0 Å². The van der Waals surface area contributed by atoms with E-state index in [-0.39, 0.29) is 10.7 Å². The lowest BCUT2D eigenvalue weighted by Gasteiger charge is -2.12. The van der Waals surface area contributed by atoms with Crippen molar-refractivity contribution < 1.29 is 12.9 Å². The van der Waals surface area contributed by atoms with Crippen molar-refractivity contribution in [2.24, 2.45) is 0 Å². The SMILES string of the molecule is Cc1cc(NS(=O)(=O)c2ccc(N(C)C)cc2)no1. The molecule has 102 valence electrons. The van der Waals surface area contributed by atoms with Crippen LogP contribution in [0.25, 0.3) is 0 Å². The largest absolute Gasteiger partial charge is 0.378 e. The molecule has 0 saturated heterocycles. The number of sulfonamides is 1. The zero-order valence-corrected chi connectivity index (χ0v) is 11.7. The summed E-state index contributed by atoms with van der Waals surface area (Å²) in [6.45, 7) is 1.69. The highest BCUT2D eigenvalue weighted by molar-refractivity contribution is 7.92. The van der Waals surface area contributed by atoms with Crippen LogP contribution in [0.3, 0.4) is 0 Å². The molecule has 19 heavy (non-hydrogen) atoms. The number of nitrogens with zero attached hydrogens (tertiary/aromatic N) is 2. The van der Waals surface area contributed by atoms with E-state index in [9.17, 15) is 8.42 Å². The van der Waals surface area contributed by atoms with Gasteiger partial charge in [0.05, 0.1) is 4.90 Å². The van der Waals surface area contributed by atoms with Gasteiger partial charge in [-0.15, -0.1) is 0 Å². The molecule has 1 aromatic carbocycles. The number of anilines is 2. The molecule has 0 aliphatic carbocycles. The third-order valence-electron chi connectivity index (χ3n) is 2.53. The van der Waals surface area contributed by atoms with Gasteiger partial charge in [0.15, 0.2) is 5.82 Å². The summed E-state index contributed by atoms with van der Waals surface area (Å²) in [7, 11) is 0.144. The fourth-order valence-corrected chi connectivity index (χ4v) is 2.52. The predicted molar refractivity (Wildman–Crippen MR) is 72.8 cm³/mol. The van der Waals surface area contributed by atoms with Crippen molar-refractivity contribution in [1.82, 2.24) is 5.16 Å². The zero-order valence-electron chi connectivity index (χ0n) is 10.9. The van der Waals surface area contributed by atoms with Crippen LogP contribution in [0.15, 0.2) is 39.8 Å². The summed E-state index contributed by atoms with van der Waals surface area (Å²) in [4.78, 5) is 2.07. The van der Waals surface area contributed by atoms with Crippen LogP contribution < -0.4 is 9.62 Å². The van der Waals surface area contributed by atoms with Crippen molar-refractivity contribution >= 4 is 21.5 Å². The first-order chi connectivity index (χ1) is 8.88. The molecule has 2 rings (SSSR count). The summed E-state index contributed by atoms with van der Waals surface area (Å²) >= 11 is 0. The van der Waals surface area contributed by atoms with E-state index in [1.807, 2.05) is 19.0 Å². The highest BCUT2D eigenvalue weighted by Crippen LogP contribution is 2.19. The minimum Gasteiger partial charge on any atom is -0.378 e. The molecule has 0 fully saturated rings. The molecular weight excluding hydrogens is 266 g/mol. The van der Waals surface area contributed by atoms with Gasteiger partial charge in [-0.3, -0.25) is 4.72 Å². The quantitative estimate of drug-likeness (QED) is 0.925. The van der Waals surface area contributed by atoms with Gasteiger partial charge in [-0.25, -0.2) is 8.42 Å². The lowest BCUT2D eigenvalue weighted by atomic mass is 10.3. The normalized spacial score (nSPS) is 11.3. The van der Waals surface area contributed by atoms with Gasteiger partial charge in [0, 0.05) is 25.8 Å². The summed E-state index contributed by atoms with van der Waals surface area (Å²) < 4.78 is 31.3. The fraction of sp³-hybridized carbons (Fsp3) is 0.250. The van der Waals surface area contributed by atoms with Gasteiger partial charge in [-0.1, -0.05) is 5.16 Å². The molecule has 2 aromatic rings.